The molecular formula is C12H24ClN3O3. The van der Waals surface area contributed by atoms with E-state index in [-0.39, 0.29) is 30.6 Å². The Morgan fingerprint density at radius 3 is 2.79 bits per heavy atom. The van der Waals surface area contributed by atoms with Crippen LogP contribution in [0.3, 0.4) is 0 Å². The van der Waals surface area contributed by atoms with Gasteiger partial charge in [0.25, 0.3) is 0 Å². The molecule has 112 valence electrons. The highest BCUT2D eigenvalue weighted by molar-refractivity contribution is 5.88. The molecule has 0 aromatic rings. The summed E-state index contributed by atoms with van der Waals surface area (Å²) in [7, 11) is 3.39. The maximum absolute atomic E-state index is 12.1. The fourth-order valence-corrected chi connectivity index (χ4v) is 1.85. The monoisotopic (exact) mass is 293 g/mol. The number of ether oxygens (including phenoxy) is 1. The molecule has 1 heterocycles. The molecule has 1 aliphatic heterocycles. The average molecular weight is 294 g/mol. The van der Waals surface area contributed by atoms with Crippen LogP contribution in [0, 0.1) is 0 Å². The van der Waals surface area contributed by atoms with Crippen molar-refractivity contribution in [3.63, 3.8) is 0 Å². The SMILES string of the molecule is CCOCCN1CCNC(CC(=O)N(C)C)C1=O.Cl. The Kier molecular flexibility index (Phi) is 8.71. The van der Waals surface area contributed by atoms with Crippen molar-refractivity contribution in [2.24, 2.45) is 0 Å². The number of hydrogen-bond donors (Lipinski definition) is 1. The molecule has 1 atom stereocenters. The maximum atomic E-state index is 12.1. The summed E-state index contributed by atoms with van der Waals surface area (Å²) in [5.41, 5.74) is 0. The fraction of sp³-hybridized carbons (Fsp3) is 0.833. The van der Waals surface area contributed by atoms with E-state index in [0.29, 0.717) is 26.3 Å². The van der Waals surface area contributed by atoms with Crippen molar-refractivity contribution < 1.29 is 14.3 Å². The van der Waals surface area contributed by atoms with Crippen LogP contribution in [0.5, 0.6) is 0 Å². The maximum Gasteiger partial charge on any atom is 0.240 e. The number of carbonyl (C=O) groups is 2. The van der Waals surface area contributed by atoms with Gasteiger partial charge in [-0.15, -0.1) is 12.4 Å². The summed E-state index contributed by atoms with van der Waals surface area (Å²) in [6.45, 7) is 5.14. The fourth-order valence-electron chi connectivity index (χ4n) is 1.85. The van der Waals surface area contributed by atoms with E-state index in [1.807, 2.05) is 6.92 Å². The van der Waals surface area contributed by atoms with Gasteiger partial charge in [0.1, 0.15) is 0 Å². The Balaban J connectivity index is 0.00000324. The zero-order valence-electron chi connectivity index (χ0n) is 11.8. The minimum absolute atomic E-state index is 0. The number of nitrogens with zero attached hydrogens (tertiary/aromatic N) is 2. The molecule has 1 saturated heterocycles. The van der Waals surface area contributed by atoms with Gasteiger partial charge in [-0.25, -0.2) is 0 Å². The van der Waals surface area contributed by atoms with Gasteiger partial charge in [0.2, 0.25) is 11.8 Å². The minimum Gasteiger partial charge on any atom is -0.380 e. The molecule has 7 heteroatoms. The molecule has 19 heavy (non-hydrogen) atoms. The summed E-state index contributed by atoms with van der Waals surface area (Å²) in [4.78, 5) is 27.0. The lowest BCUT2D eigenvalue weighted by Gasteiger charge is -2.33. The first-order valence-corrected chi connectivity index (χ1v) is 6.36. The summed E-state index contributed by atoms with van der Waals surface area (Å²) in [6, 6.07) is -0.393. The molecule has 1 N–H and O–H groups in total. The first-order valence-electron chi connectivity index (χ1n) is 6.36. The minimum atomic E-state index is -0.393. The number of amides is 2. The van der Waals surface area contributed by atoms with E-state index in [2.05, 4.69) is 5.32 Å². The zero-order chi connectivity index (χ0) is 13.5. The smallest absolute Gasteiger partial charge is 0.240 e. The average Bonchev–Trinajstić information content (AvgIpc) is 2.33. The number of hydrogen-bond acceptors (Lipinski definition) is 4. The quantitative estimate of drug-likeness (QED) is 0.685. The van der Waals surface area contributed by atoms with Gasteiger partial charge < -0.3 is 19.9 Å². The molecule has 2 amide bonds. The molecule has 1 rings (SSSR count). The molecule has 0 saturated carbocycles. The van der Waals surface area contributed by atoms with E-state index in [0.717, 1.165) is 6.54 Å². The van der Waals surface area contributed by atoms with Crippen LogP contribution < -0.4 is 5.32 Å². The Labute approximate surface area is 120 Å². The van der Waals surface area contributed by atoms with Gasteiger partial charge in [0.15, 0.2) is 0 Å². The zero-order valence-corrected chi connectivity index (χ0v) is 12.7. The number of carbonyl (C=O) groups excluding carboxylic acids is 2. The van der Waals surface area contributed by atoms with Crippen molar-refractivity contribution >= 4 is 24.2 Å². The van der Waals surface area contributed by atoms with Gasteiger partial charge in [0, 0.05) is 40.3 Å². The van der Waals surface area contributed by atoms with Crippen LogP contribution >= 0.6 is 12.4 Å². The van der Waals surface area contributed by atoms with Gasteiger partial charge in [-0.3, -0.25) is 9.59 Å². The van der Waals surface area contributed by atoms with Crippen molar-refractivity contribution in [2.45, 2.75) is 19.4 Å². The third-order valence-electron chi connectivity index (χ3n) is 2.97. The van der Waals surface area contributed by atoms with Gasteiger partial charge in [-0.2, -0.15) is 0 Å². The summed E-state index contributed by atoms with van der Waals surface area (Å²) in [5, 5.41) is 3.10. The molecule has 0 aromatic heterocycles. The number of nitrogens with one attached hydrogen (secondary N) is 1. The molecule has 6 nitrogen and oxygen atoms in total. The first-order chi connectivity index (χ1) is 8.56. The number of rotatable bonds is 6. The Morgan fingerprint density at radius 2 is 2.21 bits per heavy atom. The summed E-state index contributed by atoms with van der Waals surface area (Å²) >= 11 is 0. The lowest BCUT2D eigenvalue weighted by molar-refractivity contribution is -0.140. The first kappa shape index (κ1) is 18.1. The van der Waals surface area contributed by atoms with Gasteiger partial charge >= 0.3 is 0 Å². The second-order valence-electron chi connectivity index (χ2n) is 4.52. The lowest BCUT2D eigenvalue weighted by Crippen LogP contribution is -2.56. The number of halogens is 1. The second-order valence-corrected chi connectivity index (χ2v) is 4.52. The predicted octanol–water partition coefficient (Wildman–Crippen LogP) is -0.277. The molecular weight excluding hydrogens is 270 g/mol. The van der Waals surface area contributed by atoms with E-state index >= 15 is 0 Å². The van der Waals surface area contributed by atoms with Crippen LogP contribution in [0.1, 0.15) is 13.3 Å². The summed E-state index contributed by atoms with van der Waals surface area (Å²) in [6.07, 6.45) is 0.219. The van der Waals surface area contributed by atoms with Gasteiger partial charge in [-0.05, 0) is 6.92 Å². The highest BCUT2D eigenvalue weighted by atomic mass is 35.5. The van der Waals surface area contributed by atoms with Crippen molar-refractivity contribution in [3.05, 3.63) is 0 Å². The topological polar surface area (TPSA) is 61.9 Å². The van der Waals surface area contributed by atoms with E-state index < -0.39 is 6.04 Å². The van der Waals surface area contributed by atoms with Crippen molar-refractivity contribution in [3.8, 4) is 0 Å². The van der Waals surface area contributed by atoms with Crippen molar-refractivity contribution in [1.82, 2.24) is 15.1 Å². The van der Waals surface area contributed by atoms with Crippen LogP contribution in [0.2, 0.25) is 0 Å². The van der Waals surface area contributed by atoms with E-state index in [1.54, 1.807) is 19.0 Å². The predicted molar refractivity (Wildman–Crippen MR) is 75.4 cm³/mol. The number of piperazine rings is 1. The van der Waals surface area contributed by atoms with E-state index in [1.165, 1.54) is 4.90 Å². The standard InChI is InChI=1S/C12H23N3O3.ClH/c1-4-18-8-7-15-6-5-13-10(12(15)17)9-11(16)14(2)3;/h10,13H,4-9H2,1-3H3;1H. The highest BCUT2D eigenvalue weighted by Gasteiger charge is 2.30. The molecule has 1 aliphatic rings. The van der Waals surface area contributed by atoms with Crippen LogP contribution in [-0.2, 0) is 14.3 Å². The third kappa shape index (κ3) is 5.76. The van der Waals surface area contributed by atoms with Crippen LogP contribution in [0.4, 0.5) is 0 Å². The lowest BCUT2D eigenvalue weighted by atomic mass is 10.1. The van der Waals surface area contributed by atoms with Gasteiger partial charge in [-0.1, -0.05) is 0 Å². The third-order valence-corrected chi connectivity index (χ3v) is 2.97. The van der Waals surface area contributed by atoms with Crippen molar-refractivity contribution in [2.75, 3.05) is 46.9 Å². The molecule has 0 radical (unpaired) electrons. The van der Waals surface area contributed by atoms with Crippen LogP contribution in [0.15, 0.2) is 0 Å². The molecule has 1 unspecified atom stereocenters. The van der Waals surface area contributed by atoms with E-state index in [9.17, 15) is 9.59 Å². The summed E-state index contributed by atoms with van der Waals surface area (Å²) in [5.74, 6) is -0.0383. The Bertz CT molecular complexity index is 300. The second kappa shape index (κ2) is 9.12. The highest BCUT2D eigenvalue weighted by Crippen LogP contribution is 2.06. The summed E-state index contributed by atoms with van der Waals surface area (Å²) < 4.78 is 5.25. The largest absolute Gasteiger partial charge is 0.380 e. The molecule has 1 fully saturated rings. The van der Waals surface area contributed by atoms with Crippen molar-refractivity contribution in [1.29, 1.82) is 0 Å². The molecule has 0 aromatic carbocycles. The van der Waals surface area contributed by atoms with Crippen LogP contribution in [-0.4, -0.2) is 74.6 Å². The molecule has 0 bridgehead atoms. The van der Waals surface area contributed by atoms with Gasteiger partial charge in [0.05, 0.1) is 19.1 Å². The molecule has 0 spiro atoms. The van der Waals surface area contributed by atoms with E-state index in [4.69, 9.17) is 4.74 Å². The molecule has 0 aliphatic carbocycles. The van der Waals surface area contributed by atoms with Crippen LogP contribution in [0.25, 0.3) is 0 Å². The Morgan fingerprint density at radius 1 is 1.53 bits per heavy atom. The Hall–Kier alpha value is -0.850. The normalized spacial score (nSPS) is 19.0.